The van der Waals surface area contributed by atoms with Gasteiger partial charge in [0.05, 0.1) is 12.7 Å². The van der Waals surface area contributed by atoms with Gasteiger partial charge in [-0.3, -0.25) is 10.1 Å². The number of aromatic nitrogens is 2. The van der Waals surface area contributed by atoms with Crippen LogP contribution in [0.4, 0.5) is 6.01 Å². The van der Waals surface area contributed by atoms with Crippen molar-refractivity contribution in [3.05, 3.63) is 52.2 Å². The number of benzene rings is 1. The lowest BCUT2D eigenvalue weighted by Gasteiger charge is -2.02. The average Bonchev–Trinajstić information content (AvgIpc) is 3.25. The van der Waals surface area contributed by atoms with Crippen molar-refractivity contribution < 1.29 is 18.7 Å². The number of anilines is 1. The smallest absolute Gasteiger partial charge is 0.337 e. The van der Waals surface area contributed by atoms with E-state index >= 15 is 0 Å². The van der Waals surface area contributed by atoms with Crippen LogP contribution in [0.15, 0.2) is 45.5 Å². The minimum Gasteiger partial charge on any atom is -0.465 e. The zero-order valence-electron chi connectivity index (χ0n) is 12.0. The lowest BCUT2D eigenvalue weighted by molar-refractivity contribution is 0.0600. The van der Waals surface area contributed by atoms with Crippen LogP contribution in [-0.2, 0) is 4.74 Å². The predicted octanol–water partition coefficient (Wildman–Crippen LogP) is 2.84. The van der Waals surface area contributed by atoms with Crippen molar-refractivity contribution in [1.29, 1.82) is 0 Å². The molecular weight excluding hydrogens is 318 g/mol. The summed E-state index contributed by atoms with van der Waals surface area (Å²) in [7, 11) is 1.30. The van der Waals surface area contributed by atoms with E-state index in [2.05, 4.69) is 20.3 Å². The quantitative estimate of drug-likeness (QED) is 0.740. The Bertz CT molecular complexity index is 825. The molecule has 1 N–H and O–H groups in total. The van der Waals surface area contributed by atoms with Gasteiger partial charge in [0, 0.05) is 16.5 Å². The number of carbonyl (C=O) groups is 2. The Labute approximate surface area is 134 Å². The third kappa shape index (κ3) is 3.27. The highest BCUT2D eigenvalue weighted by molar-refractivity contribution is 7.08. The molecule has 0 fully saturated rings. The Morgan fingerprint density at radius 3 is 2.52 bits per heavy atom. The normalized spacial score (nSPS) is 10.3. The van der Waals surface area contributed by atoms with Crippen LogP contribution in [-0.4, -0.2) is 29.2 Å². The van der Waals surface area contributed by atoms with Crippen LogP contribution in [0.3, 0.4) is 0 Å². The topological polar surface area (TPSA) is 94.3 Å². The van der Waals surface area contributed by atoms with Crippen molar-refractivity contribution in [2.75, 3.05) is 12.4 Å². The molecule has 1 amide bonds. The number of thiophene rings is 1. The number of nitrogens with zero attached hydrogens (tertiary/aromatic N) is 2. The second kappa shape index (κ2) is 6.41. The molecule has 0 unspecified atom stereocenters. The largest absolute Gasteiger partial charge is 0.465 e. The molecule has 0 atom stereocenters. The molecule has 7 nitrogen and oxygen atoms in total. The summed E-state index contributed by atoms with van der Waals surface area (Å²) in [6.45, 7) is 0. The van der Waals surface area contributed by atoms with Gasteiger partial charge >= 0.3 is 12.0 Å². The number of hydrogen-bond donors (Lipinski definition) is 1. The Hall–Kier alpha value is -3.00. The number of rotatable bonds is 4. The van der Waals surface area contributed by atoms with Crippen LogP contribution in [0.5, 0.6) is 0 Å². The van der Waals surface area contributed by atoms with Crippen molar-refractivity contribution in [1.82, 2.24) is 10.2 Å². The zero-order valence-corrected chi connectivity index (χ0v) is 12.8. The van der Waals surface area contributed by atoms with Crippen molar-refractivity contribution in [2.45, 2.75) is 0 Å². The number of esters is 1. The van der Waals surface area contributed by atoms with E-state index in [1.165, 1.54) is 42.7 Å². The fourth-order valence-corrected chi connectivity index (χ4v) is 2.45. The molecule has 0 saturated carbocycles. The molecule has 0 bridgehead atoms. The first-order valence-electron chi connectivity index (χ1n) is 6.53. The summed E-state index contributed by atoms with van der Waals surface area (Å²) in [6.07, 6.45) is 0. The molecule has 8 heteroatoms. The predicted molar refractivity (Wildman–Crippen MR) is 83.3 cm³/mol. The molecule has 0 spiro atoms. The molecule has 2 aromatic heterocycles. The lowest BCUT2D eigenvalue weighted by atomic mass is 10.1. The van der Waals surface area contributed by atoms with Gasteiger partial charge in [0.1, 0.15) is 0 Å². The molecule has 0 aliphatic carbocycles. The molecule has 0 aliphatic rings. The standard InChI is InChI=1S/C15H11N3O4S/c1-21-14(20)10-4-2-9(3-5-10)12(19)16-15-18-17-13(22-15)11-6-7-23-8-11/h2-8H,1H3,(H,16,18,19). The van der Waals surface area contributed by atoms with Crippen molar-refractivity contribution >= 4 is 29.2 Å². The van der Waals surface area contributed by atoms with E-state index in [1.54, 1.807) is 0 Å². The maximum absolute atomic E-state index is 12.1. The van der Waals surface area contributed by atoms with Gasteiger partial charge in [-0.1, -0.05) is 5.10 Å². The second-order valence-electron chi connectivity index (χ2n) is 4.45. The molecular formula is C15H11N3O4S. The minimum atomic E-state index is -0.464. The summed E-state index contributed by atoms with van der Waals surface area (Å²) < 4.78 is 9.98. The Kier molecular flexibility index (Phi) is 4.15. The Balaban J connectivity index is 1.71. The SMILES string of the molecule is COC(=O)c1ccc(C(=O)Nc2nnc(-c3ccsc3)o2)cc1. The van der Waals surface area contributed by atoms with E-state index in [9.17, 15) is 9.59 Å². The third-order valence-corrected chi connectivity index (χ3v) is 3.67. The average molecular weight is 329 g/mol. The molecule has 23 heavy (non-hydrogen) atoms. The first kappa shape index (κ1) is 14.9. The van der Waals surface area contributed by atoms with Gasteiger partial charge < -0.3 is 9.15 Å². The summed E-state index contributed by atoms with van der Waals surface area (Å²) in [5.41, 5.74) is 1.51. The first-order valence-corrected chi connectivity index (χ1v) is 7.47. The van der Waals surface area contributed by atoms with Crippen LogP contribution in [0.25, 0.3) is 11.5 Å². The van der Waals surface area contributed by atoms with Gasteiger partial charge in [-0.25, -0.2) is 4.79 Å². The molecule has 2 heterocycles. The summed E-state index contributed by atoms with van der Waals surface area (Å²) in [6, 6.07) is 7.88. The van der Waals surface area contributed by atoms with Crippen molar-refractivity contribution in [3.8, 4) is 11.5 Å². The van der Waals surface area contributed by atoms with Crippen LogP contribution in [0.2, 0.25) is 0 Å². The molecule has 0 radical (unpaired) electrons. The van der Waals surface area contributed by atoms with E-state index < -0.39 is 11.9 Å². The Morgan fingerprint density at radius 2 is 1.87 bits per heavy atom. The van der Waals surface area contributed by atoms with Crippen molar-refractivity contribution in [3.63, 3.8) is 0 Å². The van der Waals surface area contributed by atoms with Gasteiger partial charge in [-0.2, -0.15) is 11.3 Å². The Morgan fingerprint density at radius 1 is 1.13 bits per heavy atom. The lowest BCUT2D eigenvalue weighted by Crippen LogP contribution is -2.12. The molecule has 116 valence electrons. The fraction of sp³-hybridized carbons (Fsp3) is 0.0667. The molecule has 3 rings (SSSR count). The minimum absolute atomic E-state index is 0.00763. The van der Waals surface area contributed by atoms with Crippen LogP contribution >= 0.6 is 11.3 Å². The van der Waals surface area contributed by atoms with Gasteiger partial charge in [0.2, 0.25) is 0 Å². The third-order valence-electron chi connectivity index (χ3n) is 2.98. The molecule has 0 saturated heterocycles. The fourth-order valence-electron chi connectivity index (χ4n) is 1.82. The van der Waals surface area contributed by atoms with Crippen LogP contribution in [0, 0.1) is 0 Å². The molecule has 1 aromatic carbocycles. The number of methoxy groups -OCH3 is 1. The number of amides is 1. The van der Waals surface area contributed by atoms with Crippen molar-refractivity contribution in [2.24, 2.45) is 0 Å². The zero-order chi connectivity index (χ0) is 16.2. The summed E-state index contributed by atoms with van der Waals surface area (Å²) >= 11 is 1.51. The van der Waals surface area contributed by atoms with Gasteiger partial charge in [-0.15, -0.1) is 5.10 Å². The molecule has 3 aromatic rings. The number of ether oxygens (including phenoxy) is 1. The highest BCUT2D eigenvalue weighted by Crippen LogP contribution is 2.22. The summed E-state index contributed by atoms with van der Waals surface area (Å²) in [5, 5.41) is 13.9. The highest BCUT2D eigenvalue weighted by Gasteiger charge is 2.14. The maximum atomic E-state index is 12.1. The van der Waals surface area contributed by atoms with Gasteiger partial charge in [-0.05, 0) is 35.7 Å². The number of nitrogens with one attached hydrogen (secondary N) is 1. The van der Waals surface area contributed by atoms with E-state index in [0.717, 1.165) is 5.56 Å². The maximum Gasteiger partial charge on any atom is 0.337 e. The number of carbonyl (C=O) groups excluding carboxylic acids is 2. The van der Waals surface area contributed by atoms with Crippen LogP contribution < -0.4 is 5.32 Å². The van der Waals surface area contributed by atoms with E-state index in [1.807, 2.05) is 16.8 Å². The highest BCUT2D eigenvalue weighted by atomic mass is 32.1. The van der Waals surface area contributed by atoms with E-state index in [-0.39, 0.29) is 6.01 Å². The molecule has 0 aliphatic heterocycles. The summed E-state index contributed by atoms with van der Waals surface area (Å²) in [5.74, 6) is -0.543. The second-order valence-corrected chi connectivity index (χ2v) is 5.23. The number of hydrogen-bond acceptors (Lipinski definition) is 7. The van der Waals surface area contributed by atoms with Gasteiger partial charge in [0.15, 0.2) is 0 Å². The van der Waals surface area contributed by atoms with Crippen LogP contribution in [0.1, 0.15) is 20.7 Å². The van der Waals surface area contributed by atoms with Gasteiger partial charge in [0.25, 0.3) is 11.8 Å². The summed E-state index contributed by atoms with van der Waals surface area (Å²) in [4.78, 5) is 23.5. The van der Waals surface area contributed by atoms with E-state index in [0.29, 0.717) is 17.0 Å². The van der Waals surface area contributed by atoms with E-state index in [4.69, 9.17) is 4.42 Å². The monoisotopic (exact) mass is 329 g/mol. The first-order chi connectivity index (χ1) is 11.2.